The predicted molar refractivity (Wildman–Crippen MR) is 124 cm³/mol. The van der Waals surface area contributed by atoms with E-state index in [1.807, 2.05) is 0 Å². The van der Waals surface area contributed by atoms with E-state index in [4.69, 9.17) is 0 Å². The molecule has 3 heterocycles. The van der Waals surface area contributed by atoms with Crippen molar-refractivity contribution in [3.05, 3.63) is 68.5 Å². The number of amides is 2. The summed E-state index contributed by atoms with van der Waals surface area (Å²) in [7, 11) is 0. The van der Waals surface area contributed by atoms with Crippen molar-refractivity contribution in [2.24, 2.45) is 0 Å². The Morgan fingerprint density at radius 2 is 1.97 bits per heavy atom. The Morgan fingerprint density at radius 1 is 1.18 bits per heavy atom. The number of nitro groups is 1. The van der Waals surface area contributed by atoms with Crippen LogP contribution in [0.3, 0.4) is 0 Å². The van der Waals surface area contributed by atoms with E-state index in [0.717, 1.165) is 0 Å². The first-order chi connectivity index (χ1) is 16.3. The SMILES string of the molecule is CC(=O)N[C@@H]1CCN(C(=O)c2ccc3[nH]c(-c4nc5ccccc5[nH]c4=O)c([N+](=O)[O-])c3c2)C1. The smallest absolute Gasteiger partial charge is 0.304 e. The molecule has 2 aromatic carbocycles. The Labute approximate surface area is 191 Å². The number of H-pyrrole nitrogens is 2. The van der Waals surface area contributed by atoms with Gasteiger partial charge in [0.05, 0.1) is 26.9 Å². The Balaban J connectivity index is 1.57. The number of rotatable bonds is 4. The van der Waals surface area contributed by atoms with E-state index < -0.39 is 10.5 Å². The van der Waals surface area contributed by atoms with Crippen LogP contribution in [0.15, 0.2) is 47.3 Å². The summed E-state index contributed by atoms with van der Waals surface area (Å²) < 4.78 is 0. The van der Waals surface area contributed by atoms with Crippen LogP contribution in [0.4, 0.5) is 5.69 Å². The van der Waals surface area contributed by atoms with Gasteiger partial charge in [-0.1, -0.05) is 12.1 Å². The number of carbonyl (C=O) groups excluding carboxylic acids is 2. The third-order valence-electron chi connectivity index (χ3n) is 5.92. The molecule has 2 aromatic heterocycles. The third-order valence-corrected chi connectivity index (χ3v) is 5.92. The average molecular weight is 460 g/mol. The van der Waals surface area contributed by atoms with Gasteiger partial charge in [-0.15, -0.1) is 0 Å². The summed E-state index contributed by atoms with van der Waals surface area (Å²) in [4.78, 5) is 60.1. The highest BCUT2D eigenvalue weighted by Crippen LogP contribution is 2.36. The Bertz CT molecular complexity index is 1540. The molecular weight excluding hydrogens is 440 g/mol. The zero-order chi connectivity index (χ0) is 24.0. The van der Waals surface area contributed by atoms with Crippen molar-refractivity contribution >= 4 is 39.4 Å². The van der Waals surface area contributed by atoms with Gasteiger partial charge in [-0.3, -0.25) is 24.5 Å². The van der Waals surface area contributed by atoms with Crippen LogP contribution in [0.1, 0.15) is 23.7 Å². The van der Waals surface area contributed by atoms with Crippen molar-refractivity contribution in [1.82, 2.24) is 25.2 Å². The molecule has 0 radical (unpaired) electrons. The van der Waals surface area contributed by atoms with Crippen LogP contribution in [0, 0.1) is 10.1 Å². The maximum absolute atomic E-state index is 13.0. The molecule has 5 rings (SSSR count). The molecule has 1 aliphatic rings. The quantitative estimate of drug-likeness (QED) is 0.314. The van der Waals surface area contributed by atoms with Crippen LogP contribution in [0.5, 0.6) is 0 Å². The lowest BCUT2D eigenvalue weighted by atomic mass is 10.1. The Hall–Kier alpha value is -4.54. The van der Waals surface area contributed by atoms with Crippen molar-refractivity contribution in [2.45, 2.75) is 19.4 Å². The Kier molecular flexibility index (Phi) is 5.08. The fourth-order valence-electron chi connectivity index (χ4n) is 4.40. The van der Waals surface area contributed by atoms with Gasteiger partial charge in [0.25, 0.3) is 11.5 Å². The van der Waals surface area contributed by atoms with Crippen molar-refractivity contribution in [3.8, 4) is 11.4 Å². The number of fused-ring (bicyclic) bond motifs is 2. The van der Waals surface area contributed by atoms with E-state index >= 15 is 0 Å². The fraction of sp³-hybridized carbons (Fsp3) is 0.217. The highest BCUT2D eigenvalue weighted by Gasteiger charge is 2.30. The average Bonchev–Trinajstić information content (AvgIpc) is 3.41. The summed E-state index contributed by atoms with van der Waals surface area (Å²) in [6, 6.07) is 11.4. The number of nitrogens with zero attached hydrogens (tertiary/aromatic N) is 3. The summed E-state index contributed by atoms with van der Waals surface area (Å²) in [6.07, 6.45) is 0.637. The molecule has 1 fully saturated rings. The van der Waals surface area contributed by atoms with Gasteiger partial charge in [-0.25, -0.2) is 4.98 Å². The van der Waals surface area contributed by atoms with Gasteiger partial charge in [0.2, 0.25) is 5.91 Å². The molecule has 1 aliphatic heterocycles. The van der Waals surface area contributed by atoms with E-state index in [1.165, 1.54) is 13.0 Å². The lowest BCUT2D eigenvalue weighted by Crippen LogP contribution is -2.37. The lowest BCUT2D eigenvalue weighted by Gasteiger charge is -2.17. The molecule has 0 aliphatic carbocycles. The molecule has 11 heteroatoms. The van der Waals surface area contributed by atoms with Gasteiger partial charge in [-0.2, -0.15) is 0 Å². The molecule has 1 saturated heterocycles. The highest BCUT2D eigenvalue weighted by molar-refractivity contribution is 6.03. The molecule has 34 heavy (non-hydrogen) atoms. The monoisotopic (exact) mass is 460 g/mol. The predicted octanol–water partition coefficient (Wildman–Crippen LogP) is 2.33. The summed E-state index contributed by atoms with van der Waals surface area (Å²) in [6.45, 7) is 2.27. The molecule has 3 N–H and O–H groups in total. The van der Waals surface area contributed by atoms with Gasteiger partial charge in [0.1, 0.15) is 5.69 Å². The number of likely N-dealkylation sites (tertiary alicyclic amines) is 1. The van der Waals surface area contributed by atoms with Crippen LogP contribution >= 0.6 is 0 Å². The minimum atomic E-state index is -0.582. The van der Waals surface area contributed by atoms with Gasteiger partial charge >= 0.3 is 5.69 Å². The minimum Gasteiger partial charge on any atom is -0.352 e. The standard InChI is InChI=1S/C23H20N6O5/c1-12(30)24-14-8-9-28(11-14)23(32)13-6-7-16-15(10-13)21(29(33)34)19(25-16)20-22(31)27-18-5-3-2-4-17(18)26-20/h2-7,10,14,25H,8-9,11H2,1H3,(H,24,30)(H,27,31)/t14-/m1/s1. The molecular formula is C23H20N6O5. The number of para-hydroxylation sites is 2. The number of hydrogen-bond donors (Lipinski definition) is 3. The van der Waals surface area contributed by atoms with Crippen molar-refractivity contribution in [3.63, 3.8) is 0 Å². The van der Waals surface area contributed by atoms with Crippen molar-refractivity contribution in [1.29, 1.82) is 0 Å². The first kappa shape index (κ1) is 21.3. The van der Waals surface area contributed by atoms with Crippen molar-refractivity contribution in [2.75, 3.05) is 13.1 Å². The molecule has 0 bridgehead atoms. The maximum Gasteiger partial charge on any atom is 0.304 e. The number of carbonyl (C=O) groups is 2. The van der Waals surface area contributed by atoms with Crippen LogP contribution in [0.25, 0.3) is 33.3 Å². The zero-order valence-electron chi connectivity index (χ0n) is 18.1. The Morgan fingerprint density at radius 3 is 2.74 bits per heavy atom. The van der Waals surface area contributed by atoms with Crippen LogP contribution in [-0.4, -0.2) is 55.7 Å². The maximum atomic E-state index is 13.0. The highest BCUT2D eigenvalue weighted by atomic mass is 16.6. The second kappa shape index (κ2) is 8.10. The van der Waals surface area contributed by atoms with Gasteiger partial charge < -0.3 is 20.2 Å². The summed E-state index contributed by atoms with van der Waals surface area (Å²) in [5, 5.41) is 15.0. The second-order valence-electron chi connectivity index (χ2n) is 8.24. The van der Waals surface area contributed by atoms with Crippen LogP contribution in [0.2, 0.25) is 0 Å². The number of nitrogens with one attached hydrogen (secondary N) is 3. The topological polar surface area (TPSA) is 154 Å². The molecule has 2 amide bonds. The fourth-order valence-corrected chi connectivity index (χ4v) is 4.40. The second-order valence-corrected chi connectivity index (χ2v) is 8.24. The molecule has 172 valence electrons. The van der Waals surface area contributed by atoms with E-state index in [2.05, 4.69) is 20.3 Å². The van der Waals surface area contributed by atoms with Crippen LogP contribution in [-0.2, 0) is 4.79 Å². The third kappa shape index (κ3) is 3.66. The molecule has 0 spiro atoms. The first-order valence-electron chi connectivity index (χ1n) is 10.7. The van der Waals surface area contributed by atoms with Crippen molar-refractivity contribution < 1.29 is 14.5 Å². The van der Waals surface area contributed by atoms with Gasteiger partial charge in [0.15, 0.2) is 5.69 Å². The number of hydrogen-bond acceptors (Lipinski definition) is 6. The number of aromatic amines is 2. The normalized spacial score (nSPS) is 15.7. The molecule has 0 saturated carbocycles. The van der Waals surface area contributed by atoms with E-state index in [9.17, 15) is 24.5 Å². The zero-order valence-corrected chi connectivity index (χ0v) is 18.1. The summed E-state index contributed by atoms with van der Waals surface area (Å²) in [5.74, 6) is -0.443. The molecule has 4 aromatic rings. The van der Waals surface area contributed by atoms with E-state index in [1.54, 1.807) is 41.3 Å². The van der Waals surface area contributed by atoms with Crippen LogP contribution < -0.4 is 10.9 Å². The summed E-state index contributed by atoms with van der Waals surface area (Å²) in [5.41, 5.74) is 0.682. The number of aromatic nitrogens is 3. The van der Waals surface area contributed by atoms with Gasteiger partial charge in [0, 0.05) is 31.6 Å². The molecule has 0 unspecified atom stereocenters. The van der Waals surface area contributed by atoms with E-state index in [0.29, 0.717) is 36.1 Å². The first-order valence-corrected chi connectivity index (χ1v) is 10.7. The molecule has 11 nitrogen and oxygen atoms in total. The molecule has 1 atom stereocenters. The van der Waals surface area contributed by atoms with E-state index in [-0.39, 0.29) is 45.9 Å². The van der Waals surface area contributed by atoms with Gasteiger partial charge in [-0.05, 0) is 36.8 Å². The minimum absolute atomic E-state index is 0.0245. The number of benzene rings is 2. The lowest BCUT2D eigenvalue weighted by molar-refractivity contribution is -0.382. The summed E-state index contributed by atoms with van der Waals surface area (Å²) >= 11 is 0. The largest absolute Gasteiger partial charge is 0.352 e.